The Labute approximate surface area is 157 Å². The van der Waals surface area contributed by atoms with E-state index >= 15 is 0 Å². The fourth-order valence-corrected chi connectivity index (χ4v) is 2.47. The fourth-order valence-electron chi connectivity index (χ4n) is 2.34. The van der Waals surface area contributed by atoms with Crippen molar-refractivity contribution in [3.8, 4) is 11.5 Å². The minimum Gasteiger partial charge on any atom is -0.497 e. The van der Waals surface area contributed by atoms with Crippen LogP contribution in [-0.4, -0.2) is 32.7 Å². The summed E-state index contributed by atoms with van der Waals surface area (Å²) in [5, 5.41) is 3.28. The number of carbonyl (C=O) groups is 2. The van der Waals surface area contributed by atoms with Crippen LogP contribution in [0.2, 0.25) is 5.02 Å². The first-order valence-electron chi connectivity index (χ1n) is 7.88. The largest absolute Gasteiger partial charge is 0.497 e. The first-order valence-corrected chi connectivity index (χ1v) is 8.26. The average molecular weight is 378 g/mol. The van der Waals surface area contributed by atoms with Crippen molar-refractivity contribution in [1.82, 2.24) is 5.32 Å². The van der Waals surface area contributed by atoms with E-state index < -0.39 is 18.5 Å². The normalized spacial score (nSPS) is 11.4. The molecule has 0 aromatic heterocycles. The molecule has 26 heavy (non-hydrogen) atoms. The first-order chi connectivity index (χ1) is 12.4. The van der Waals surface area contributed by atoms with Crippen molar-refractivity contribution in [3.63, 3.8) is 0 Å². The SMILES string of the molecule is COc1ccc(OC)c([C@H](C)NC(=O)COC(=O)c2ccc(Cl)cc2)c1. The van der Waals surface area contributed by atoms with Crippen LogP contribution in [0.15, 0.2) is 42.5 Å². The van der Waals surface area contributed by atoms with E-state index in [2.05, 4.69) is 5.32 Å². The maximum Gasteiger partial charge on any atom is 0.338 e. The lowest BCUT2D eigenvalue weighted by Gasteiger charge is -2.18. The summed E-state index contributed by atoms with van der Waals surface area (Å²) in [4.78, 5) is 24.0. The summed E-state index contributed by atoms with van der Waals surface area (Å²) in [7, 11) is 3.11. The molecule has 0 saturated carbocycles. The van der Waals surface area contributed by atoms with Crippen molar-refractivity contribution in [2.45, 2.75) is 13.0 Å². The standard InChI is InChI=1S/C19H20ClNO5/c1-12(16-10-15(24-2)8-9-17(16)25-3)21-18(22)11-26-19(23)13-4-6-14(20)7-5-13/h4-10,12H,11H2,1-3H3,(H,21,22)/t12-/m0/s1. The molecule has 138 valence electrons. The zero-order valence-electron chi connectivity index (χ0n) is 14.7. The van der Waals surface area contributed by atoms with Gasteiger partial charge in [-0.15, -0.1) is 0 Å². The van der Waals surface area contributed by atoms with Gasteiger partial charge in [-0.05, 0) is 49.4 Å². The molecule has 6 nitrogen and oxygen atoms in total. The van der Waals surface area contributed by atoms with E-state index in [1.54, 1.807) is 51.5 Å². The zero-order chi connectivity index (χ0) is 19.1. The molecule has 0 bridgehead atoms. The van der Waals surface area contributed by atoms with E-state index in [0.29, 0.717) is 22.1 Å². The van der Waals surface area contributed by atoms with E-state index in [9.17, 15) is 9.59 Å². The van der Waals surface area contributed by atoms with Crippen molar-refractivity contribution in [1.29, 1.82) is 0 Å². The topological polar surface area (TPSA) is 73.9 Å². The summed E-state index contributed by atoms with van der Waals surface area (Å²) < 4.78 is 15.5. The molecule has 2 aromatic rings. The Morgan fingerprint density at radius 2 is 1.77 bits per heavy atom. The number of halogens is 1. The first kappa shape index (κ1) is 19.6. The van der Waals surface area contributed by atoms with Gasteiger partial charge in [-0.2, -0.15) is 0 Å². The molecule has 1 N–H and O–H groups in total. The molecule has 0 saturated heterocycles. The molecule has 1 atom stereocenters. The van der Waals surface area contributed by atoms with Crippen LogP contribution in [-0.2, 0) is 9.53 Å². The van der Waals surface area contributed by atoms with Gasteiger partial charge in [-0.3, -0.25) is 4.79 Å². The lowest BCUT2D eigenvalue weighted by Crippen LogP contribution is -2.31. The van der Waals surface area contributed by atoms with Crippen LogP contribution in [0.5, 0.6) is 11.5 Å². The van der Waals surface area contributed by atoms with E-state index in [4.69, 9.17) is 25.8 Å². The number of ether oxygens (including phenoxy) is 3. The summed E-state index contributed by atoms with van der Waals surface area (Å²) in [5.74, 6) is 0.251. The number of benzene rings is 2. The highest BCUT2D eigenvalue weighted by Gasteiger charge is 2.17. The maximum atomic E-state index is 12.1. The van der Waals surface area contributed by atoms with Crippen LogP contribution in [0.3, 0.4) is 0 Å². The molecule has 0 aliphatic carbocycles. The van der Waals surface area contributed by atoms with Gasteiger partial charge in [0.25, 0.3) is 5.91 Å². The molecule has 0 aliphatic rings. The summed E-state index contributed by atoms with van der Waals surface area (Å²) in [6.45, 7) is 1.41. The van der Waals surface area contributed by atoms with Crippen molar-refractivity contribution >= 4 is 23.5 Å². The molecule has 0 radical (unpaired) electrons. The Balaban J connectivity index is 1.95. The number of nitrogens with one attached hydrogen (secondary N) is 1. The van der Waals surface area contributed by atoms with E-state index in [1.807, 2.05) is 0 Å². The van der Waals surface area contributed by atoms with Crippen LogP contribution in [0.25, 0.3) is 0 Å². The van der Waals surface area contributed by atoms with Crippen molar-refractivity contribution in [2.24, 2.45) is 0 Å². The van der Waals surface area contributed by atoms with Crippen LogP contribution in [0.4, 0.5) is 0 Å². The molecule has 7 heteroatoms. The van der Waals surface area contributed by atoms with Gasteiger partial charge in [0, 0.05) is 10.6 Å². The Kier molecular flexibility index (Phi) is 6.86. The molecule has 0 fully saturated rings. The third kappa shape index (κ3) is 5.13. The molecular weight excluding hydrogens is 358 g/mol. The lowest BCUT2D eigenvalue weighted by molar-refractivity contribution is -0.124. The molecule has 2 aromatic carbocycles. The van der Waals surface area contributed by atoms with Gasteiger partial charge >= 0.3 is 5.97 Å². The van der Waals surface area contributed by atoms with Crippen molar-refractivity contribution < 1.29 is 23.8 Å². The van der Waals surface area contributed by atoms with Crippen LogP contribution in [0, 0.1) is 0 Å². The highest BCUT2D eigenvalue weighted by Crippen LogP contribution is 2.29. The molecule has 2 rings (SSSR count). The van der Waals surface area contributed by atoms with Gasteiger partial charge in [0.15, 0.2) is 6.61 Å². The van der Waals surface area contributed by atoms with Gasteiger partial charge in [-0.1, -0.05) is 11.6 Å². The Hall–Kier alpha value is -2.73. The van der Waals surface area contributed by atoms with Gasteiger partial charge in [0.1, 0.15) is 11.5 Å². The Morgan fingerprint density at radius 1 is 1.08 bits per heavy atom. The summed E-state index contributed by atoms with van der Waals surface area (Å²) in [5.41, 5.74) is 1.08. The number of hydrogen-bond donors (Lipinski definition) is 1. The minimum absolute atomic E-state index is 0.324. The van der Waals surface area contributed by atoms with E-state index in [0.717, 1.165) is 5.56 Å². The summed E-state index contributed by atoms with van der Waals surface area (Å²) >= 11 is 5.77. The summed E-state index contributed by atoms with van der Waals surface area (Å²) in [6, 6.07) is 11.2. The second kappa shape index (κ2) is 9.10. The second-order valence-electron chi connectivity index (χ2n) is 5.48. The average Bonchev–Trinajstić information content (AvgIpc) is 2.66. The second-order valence-corrected chi connectivity index (χ2v) is 5.92. The summed E-state index contributed by atoms with van der Waals surface area (Å²) in [6.07, 6.45) is 0. The third-order valence-electron chi connectivity index (χ3n) is 3.70. The van der Waals surface area contributed by atoms with Crippen molar-refractivity contribution in [3.05, 3.63) is 58.6 Å². The predicted molar refractivity (Wildman–Crippen MR) is 97.8 cm³/mol. The van der Waals surface area contributed by atoms with Gasteiger partial charge < -0.3 is 19.5 Å². The highest BCUT2D eigenvalue weighted by atomic mass is 35.5. The molecule has 0 heterocycles. The quantitative estimate of drug-likeness (QED) is 0.748. The number of hydrogen-bond acceptors (Lipinski definition) is 5. The van der Waals surface area contributed by atoms with Crippen molar-refractivity contribution in [2.75, 3.05) is 20.8 Å². The van der Waals surface area contributed by atoms with Gasteiger partial charge in [-0.25, -0.2) is 4.79 Å². The maximum absolute atomic E-state index is 12.1. The highest BCUT2D eigenvalue weighted by molar-refractivity contribution is 6.30. The predicted octanol–water partition coefficient (Wildman–Crippen LogP) is 3.39. The number of rotatable bonds is 7. The fraction of sp³-hybridized carbons (Fsp3) is 0.263. The Morgan fingerprint density at radius 3 is 2.38 bits per heavy atom. The lowest BCUT2D eigenvalue weighted by atomic mass is 10.1. The number of methoxy groups -OCH3 is 2. The number of carbonyl (C=O) groups excluding carboxylic acids is 2. The third-order valence-corrected chi connectivity index (χ3v) is 3.95. The minimum atomic E-state index is -0.594. The van der Waals surface area contributed by atoms with Gasteiger partial charge in [0.05, 0.1) is 25.8 Å². The monoisotopic (exact) mass is 377 g/mol. The van der Waals surface area contributed by atoms with Crippen LogP contribution in [0.1, 0.15) is 28.9 Å². The van der Waals surface area contributed by atoms with Crippen LogP contribution >= 0.6 is 11.6 Å². The molecule has 0 unspecified atom stereocenters. The van der Waals surface area contributed by atoms with Gasteiger partial charge in [0.2, 0.25) is 0 Å². The molecule has 0 aliphatic heterocycles. The zero-order valence-corrected chi connectivity index (χ0v) is 15.5. The van der Waals surface area contributed by atoms with E-state index in [1.165, 1.54) is 12.1 Å². The van der Waals surface area contributed by atoms with E-state index in [-0.39, 0.29) is 6.04 Å². The molecule has 1 amide bonds. The number of amides is 1. The Bertz CT molecular complexity index is 776. The molecule has 0 spiro atoms. The smallest absolute Gasteiger partial charge is 0.338 e. The number of esters is 1. The molecular formula is C19H20ClNO5. The van der Waals surface area contributed by atoms with Crippen LogP contribution < -0.4 is 14.8 Å².